The Morgan fingerprint density at radius 3 is 3.08 bits per heavy atom. The van der Waals surface area contributed by atoms with Crippen LogP contribution in [0.3, 0.4) is 0 Å². The molecule has 1 aliphatic heterocycles. The first-order valence-corrected chi connectivity index (χ1v) is 4.79. The number of hydrogen-bond acceptors (Lipinski definition) is 3. The molecule has 4 heteroatoms. The van der Waals surface area contributed by atoms with Crippen LogP contribution in [0.2, 0.25) is 0 Å². The van der Waals surface area contributed by atoms with E-state index in [1.54, 1.807) is 12.0 Å². The molecule has 1 saturated heterocycles. The van der Waals surface area contributed by atoms with Gasteiger partial charge in [0.1, 0.15) is 0 Å². The zero-order valence-electron chi connectivity index (χ0n) is 8.16. The number of methoxy groups -OCH3 is 1. The molecule has 1 heterocycles. The topological polar surface area (TPSA) is 55.6 Å². The third kappa shape index (κ3) is 2.97. The second kappa shape index (κ2) is 5.19. The maximum Gasteiger partial charge on any atom is 0.239 e. The molecule has 0 aromatic rings. The Labute approximate surface area is 79.0 Å². The van der Waals surface area contributed by atoms with Crippen molar-refractivity contribution >= 4 is 5.91 Å². The third-order valence-electron chi connectivity index (χ3n) is 2.39. The molecule has 1 fully saturated rings. The van der Waals surface area contributed by atoms with Gasteiger partial charge < -0.3 is 15.4 Å². The van der Waals surface area contributed by atoms with Gasteiger partial charge >= 0.3 is 0 Å². The van der Waals surface area contributed by atoms with Crippen molar-refractivity contribution in [2.75, 3.05) is 26.8 Å². The maximum absolute atomic E-state index is 11.6. The molecule has 1 amide bonds. The molecule has 2 N–H and O–H groups in total. The predicted molar refractivity (Wildman–Crippen MR) is 50.3 cm³/mol. The van der Waals surface area contributed by atoms with Crippen LogP contribution >= 0.6 is 0 Å². The molecule has 0 aliphatic carbocycles. The van der Waals surface area contributed by atoms with Gasteiger partial charge in [0, 0.05) is 20.2 Å². The molecule has 0 bridgehead atoms. The first-order valence-electron chi connectivity index (χ1n) is 4.79. The van der Waals surface area contributed by atoms with Gasteiger partial charge in [-0.05, 0) is 19.3 Å². The van der Waals surface area contributed by atoms with Crippen LogP contribution in [0.1, 0.15) is 19.3 Å². The minimum absolute atomic E-state index is 0.0783. The summed E-state index contributed by atoms with van der Waals surface area (Å²) in [5, 5.41) is 0. The lowest BCUT2D eigenvalue weighted by molar-refractivity contribution is -0.132. The summed E-state index contributed by atoms with van der Waals surface area (Å²) in [5.74, 6) is 0.0783. The van der Waals surface area contributed by atoms with Crippen LogP contribution in [-0.4, -0.2) is 43.7 Å². The van der Waals surface area contributed by atoms with Crippen LogP contribution in [0.25, 0.3) is 0 Å². The van der Waals surface area contributed by atoms with Crippen molar-refractivity contribution in [3.8, 4) is 0 Å². The fraction of sp³-hybridized carbons (Fsp3) is 0.889. The van der Waals surface area contributed by atoms with Gasteiger partial charge in [0.25, 0.3) is 0 Å². The van der Waals surface area contributed by atoms with E-state index >= 15 is 0 Å². The van der Waals surface area contributed by atoms with Crippen molar-refractivity contribution < 1.29 is 9.53 Å². The molecule has 0 unspecified atom stereocenters. The Morgan fingerprint density at radius 2 is 2.38 bits per heavy atom. The fourth-order valence-electron chi connectivity index (χ4n) is 1.56. The van der Waals surface area contributed by atoms with Gasteiger partial charge in [-0.2, -0.15) is 0 Å². The van der Waals surface area contributed by atoms with Gasteiger partial charge in [-0.1, -0.05) is 0 Å². The number of hydrogen-bond donors (Lipinski definition) is 1. The average Bonchev–Trinajstić information content (AvgIpc) is 2.28. The molecule has 0 radical (unpaired) electrons. The number of nitrogens with zero attached hydrogens (tertiary/aromatic N) is 1. The minimum Gasteiger partial charge on any atom is -0.383 e. The molecule has 4 nitrogen and oxygen atoms in total. The van der Waals surface area contributed by atoms with Crippen LogP contribution in [0, 0.1) is 0 Å². The van der Waals surface area contributed by atoms with Crippen molar-refractivity contribution in [3.05, 3.63) is 0 Å². The summed E-state index contributed by atoms with van der Waals surface area (Å²) in [7, 11) is 1.64. The molecular formula is C9H18N2O2. The van der Waals surface area contributed by atoms with Gasteiger partial charge in [0.05, 0.1) is 12.6 Å². The van der Waals surface area contributed by atoms with E-state index in [1.165, 1.54) is 0 Å². The summed E-state index contributed by atoms with van der Waals surface area (Å²) in [4.78, 5) is 13.4. The second-order valence-electron chi connectivity index (χ2n) is 3.42. The smallest absolute Gasteiger partial charge is 0.239 e. The van der Waals surface area contributed by atoms with Crippen LogP contribution in [0.4, 0.5) is 0 Å². The van der Waals surface area contributed by atoms with E-state index in [9.17, 15) is 4.79 Å². The van der Waals surface area contributed by atoms with Gasteiger partial charge in [-0.25, -0.2) is 0 Å². The zero-order valence-corrected chi connectivity index (χ0v) is 8.16. The summed E-state index contributed by atoms with van der Waals surface area (Å²) in [6, 6.07) is -0.292. The van der Waals surface area contributed by atoms with E-state index in [1.807, 2.05) is 0 Å². The number of rotatable bonds is 3. The third-order valence-corrected chi connectivity index (χ3v) is 2.39. The van der Waals surface area contributed by atoms with E-state index in [2.05, 4.69) is 0 Å². The second-order valence-corrected chi connectivity index (χ2v) is 3.42. The van der Waals surface area contributed by atoms with Crippen molar-refractivity contribution in [1.82, 2.24) is 4.90 Å². The number of carbonyl (C=O) groups excluding carboxylic acids is 1. The summed E-state index contributed by atoms with van der Waals surface area (Å²) >= 11 is 0. The Bertz CT molecular complexity index is 173. The number of nitrogens with two attached hydrogens (primary N) is 1. The monoisotopic (exact) mass is 186 g/mol. The molecule has 0 aromatic heterocycles. The average molecular weight is 186 g/mol. The highest BCUT2D eigenvalue weighted by atomic mass is 16.5. The van der Waals surface area contributed by atoms with Gasteiger partial charge in [0.15, 0.2) is 0 Å². The summed E-state index contributed by atoms with van der Waals surface area (Å²) < 4.78 is 4.93. The lowest BCUT2D eigenvalue weighted by Gasteiger charge is -2.21. The summed E-state index contributed by atoms with van der Waals surface area (Å²) in [6.45, 7) is 2.09. The Hall–Kier alpha value is -0.610. The standard InChI is InChI=1S/C9H18N2O2/c1-13-7-6-11-5-3-2-4-8(10)9(11)12/h8H,2-7,10H2,1H3/t8-/m0/s1. The van der Waals surface area contributed by atoms with E-state index in [0.29, 0.717) is 13.2 Å². The Kier molecular flexibility index (Phi) is 4.18. The summed E-state index contributed by atoms with van der Waals surface area (Å²) in [5.41, 5.74) is 5.71. The van der Waals surface area contributed by atoms with E-state index in [0.717, 1.165) is 25.8 Å². The largest absolute Gasteiger partial charge is 0.383 e. The van der Waals surface area contributed by atoms with Gasteiger partial charge in [-0.15, -0.1) is 0 Å². The molecule has 1 rings (SSSR count). The number of carbonyl (C=O) groups is 1. The summed E-state index contributed by atoms with van der Waals surface area (Å²) in [6.07, 6.45) is 2.93. The van der Waals surface area contributed by atoms with Crippen molar-refractivity contribution in [2.24, 2.45) is 5.73 Å². The van der Waals surface area contributed by atoms with E-state index in [4.69, 9.17) is 10.5 Å². The first-order chi connectivity index (χ1) is 6.25. The number of likely N-dealkylation sites (tertiary alicyclic amines) is 1. The van der Waals surface area contributed by atoms with Crippen LogP contribution in [-0.2, 0) is 9.53 Å². The first kappa shape index (κ1) is 10.5. The normalized spacial score (nSPS) is 24.6. The van der Waals surface area contributed by atoms with Crippen LogP contribution in [0.5, 0.6) is 0 Å². The van der Waals surface area contributed by atoms with Crippen LogP contribution < -0.4 is 5.73 Å². The Morgan fingerprint density at radius 1 is 1.62 bits per heavy atom. The molecule has 1 aliphatic rings. The van der Waals surface area contributed by atoms with Gasteiger partial charge in [-0.3, -0.25) is 4.79 Å². The van der Waals surface area contributed by atoms with Crippen molar-refractivity contribution in [1.29, 1.82) is 0 Å². The van der Waals surface area contributed by atoms with Crippen molar-refractivity contribution in [3.63, 3.8) is 0 Å². The lowest BCUT2D eigenvalue weighted by Crippen LogP contribution is -2.43. The SMILES string of the molecule is COCCN1CCCC[C@H](N)C1=O. The lowest BCUT2D eigenvalue weighted by atomic mass is 10.1. The minimum atomic E-state index is -0.292. The van der Waals surface area contributed by atoms with Crippen LogP contribution in [0.15, 0.2) is 0 Å². The molecular weight excluding hydrogens is 168 g/mol. The molecule has 0 saturated carbocycles. The molecule has 76 valence electrons. The van der Waals surface area contributed by atoms with E-state index < -0.39 is 0 Å². The number of ether oxygens (including phenoxy) is 1. The maximum atomic E-state index is 11.6. The van der Waals surface area contributed by atoms with Crippen molar-refractivity contribution in [2.45, 2.75) is 25.3 Å². The Balaban J connectivity index is 2.44. The quantitative estimate of drug-likeness (QED) is 0.673. The highest BCUT2D eigenvalue weighted by Gasteiger charge is 2.22. The molecule has 1 atom stereocenters. The van der Waals surface area contributed by atoms with Gasteiger partial charge in [0.2, 0.25) is 5.91 Å². The number of amides is 1. The zero-order chi connectivity index (χ0) is 9.68. The van der Waals surface area contributed by atoms with E-state index in [-0.39, 0.29) is 11.9 Å². The molecule has 13 heavy (non-hydrogen) atoms. The fourth-order valence-corrected chi connectivity index (χ4v) is 1.56. The molecule has 0 spiro atoms. The highest BCUT2D eigenvalue weighted by Crippen LogP contribution is 2.09. The molecule has 0 aromatic carbocycles. The predicted octanol–water partition coefficient (Wildman–Crippen LogP) is -0.0274. The highest BCUT2D eigenvalue weighted by molar-refractivity contribution is 5.81.